The molecule has 0 aliphatic heterocycles. The Bertz CT molecular complexity index is 649. The van der Waals surface area contributed by atoms with E-state index in [1.807, 2.05) is 12.1 Å². The van der Waals surface area contributed by atoms with Crippen LogP contribution in [0, 0.1) is 6.92 Å². The van der Waals surface area contributed by atoms with E-state index >= 15 is 0 Å². The summed E-state index contributed by atoms with van der Waals surface area (Å²) in [4.78, 5) is 33.9. The van der Waals surface area contributed by atoms with E-state index in [9.17, 15) is 9.59 Å². The smallest absolute Gasteiger partial charge is 0.263 e. The molecule has 19 heavy (non-hydrogen) atoms. The predicted octanol–water partition coefficient (Wildman–Crippen LogP) is 1.29. The Kier molecular flexibility index (Phi) is 3.70. The Morgan fingerprint density at radius 2 is 2.26 bits per heavy atom. The predicted molar refractivity (Wildman–Crippen MR) is 71.2 cm³/mol. The molecule has 2 N–H and O–H groups in total. The fraction of sp³-hybridized carbons (Fsp3) is 0.231. The highest BCUT2D eigenvalue weighted by Crippen LogP contribution is 2.10. The molecule has 0 spiro atoms. The van der Waals surface area contributed by atoms with Gasteiger partial charge in [0.05, 0.1) is 0 Å². The van der Waals surface area contributed by atoms with Crippen LogP contribution in [0.25, 0.3) is 0 Å². The fourth-order valence-electron chi connectivity index (χ4n) is 1.73. The summed E-state index contributed by atoms with van der Waals surface area (Å²) in [5.41, 5.74) is 0.569. The number of hydrogen-bond donors (Lipinski definition) is 2. The molecule has 0 amide bonds. The van der Waals surface area contributed by atoms with Crippen molar-refractivity contribution in [3.63, 3.8) is 0 Å². The van der Waals surface area contributed by atoms with E-state index < -0.39 is 5.56 Å². The topological polar surface area (TPSA) is 87.7 Å². The van der Waals surface area contributed by atoms with Crippen LogP contribution in [0.4, 0.5) is 5.82 Å². The number of pyridine rings is 1. The first-order valence-corrected chi connectivity index (χ1v) is 5.82. The molecule has 6 nitrogen and oxygen atoms in total. The zero-order valence-corrected chi connectivity index (χ0v) is 10.7. The van der Waals surface area contributed by atoms with Gasteiger partial charge in [-0.3, -0.25) is 14.6 Å². The highest BCUT2D eigenvalue weighted by molar-refractivity contribution is 5.98. The van der Waals surface area contributed by atoms with E-state index in [1.165, 1.54) is 6.92 Å². The Balaban J connectivity index is 2.29. The van der Waals surface area contributed by atoms with Gasteiger partial charge in [0, 0.05) is 18.9 Å². The summed E-state index contributed by atoms with van der Waals surface area (Å²) >= 11 is 0. The van der Waals surface area contributed by atoms with Gasteiger partial charge in [-0.2, -0.15) is 0 Å². The first kappa shape index (κ1) is 12.9. The lowest BCUT2D eigenvalue weighted by Crippen LogP contribution is -2.22. The summed E-state index contributed by atoms with van der Waals surface area (Å²) in [6.45, 7) is 3.46. The van der Waals surface area contributed by atoms with E-state index in [1.54, 1.807) is 19.3 Å². The van der Waals surface area contributed by atoms with Crippen LogP contribution in [0.15, 0.2) is 29.3 Å². The van der Waals surface area contributed by atoms with Gasteiger partial charge in [0.25, 0.3) is 5.56 Å². The van der Waals surface area contributed by atoms with E-state index in [-0.39, 0.29) is 11.3 Å². The van der Waals surface area contributed by atoms with Gasteiger partial charge in [0.15, 0.2) is 5.78 Å². The van der Waals surface area contributed by atoms with Gasteiger partial charge in [-0.25, -0.2) is 4.98 Å². The van der Waals surface area contributed by atoms with Crippen LogP contribution < -0.4 is 10.9 Å². The van der Waals surface area contributed by atoms with Crippen LogP contribution in [-0.2, 0) is 6.54 Å². The van der Waals surface area contributed by atoms with Crippen molar-refractivity contribution in [2.45, 2.75) is 20.4 Å². The van der Waals surface area contributed by atoms with Gasteiger partial charge < -0.3 is 10.3 Å². The molecule has 0 saturated carbocycles. The molecule has 2 heterocycles. The number of ketones is 1. The molecule has 0 aromatic carbocycles. The molecule has 2 aromatic rings. The monoisotopic (exact) mass is 258 g/mol. The Labute approximate surface area is 109 Å². The molecule has 0 unspecified atom stereocenters. The zero-order valence-electron chi connectivity index (χ0n) is 10.7. The number of aryl methyl sites for hydroxylation is 1. The minimum atomic E-state index is -0.423. The highest BCUT2D eigenvalue weighted by atomic mass is 16.1. The maximum atomic E-state index is 11.7. The van der Waals surface area contributed by atoms with Crippen LogP contribution in [0.2, 0.25) is 0 Å². The fourth-order valence-corrected chi connectivity index (χ4v) is 1.73. The van der Waals surface area contributed by atoms with Crippen LogP contribution >= 0.6 is 0 Å². The number of aromatic nitrogens is 3. The van der Waals surface area contributed by atoms with E-state index in [0.717, 1.165) is 5.56 Å². The van der Waals surface area contributed by atoms with Gasteiger partial charge >= 0.3 is 0 Å². The van der Waals surface area contributed by atoms with E-state index in [4.69, 9.17) is 0 Å². The lowest BCUT2D eigenvalue weighted by molar-refractivity contribution is 0.101. The number of nitrogens with one attached hydrogen (secondary N) is 2. The standard InChI is InChI=1S/C13H14N4O2/c1-8(18)11-12(16-9(2)17-13(11)19)15-7-10-4-3-5-14-6-10/h3-6H,7H2,1-2H3,(H2,15,16,17,19). The van der Waals surface area contributed by atoms with Gasteiger partial charge in [-0.05, 0) is 25.5 Å². The molecular weight excluding hydrogens is 244 g/mol. The molecule has 0 fully saturated rings. The summed E-state index contributed by atoms with van der Waals surface area (Å²) in [5, 5.41) is 3.00. The summed E-state index contributed by atoms with van der Waals surface area (Å²) < 4.78 is 0. The van der Waals surface area contributed by atoms with Gasteiger partial charge in [0.1, 0.15) is 17.2 Å². The van der Waals surface area contributed by atoms with Crippen LogP contribution in [0.1, 0.15) is 28.7 Å². The van der Waals surface area contributed by atoms with Crippen LogP contribution in [-0.4, -0.2) is 20.7 Å². The van der Waals surface area contributed by atoms with Crippen molar-refractivity contribution in [1.82, 2.24) is 15.0 Å². The number of aromatic amines is 1. The minimum Gasteiger partial charge on any atom is -0.365 e. The quantitative estimate of drug-likeness (QED) is 0.807. The van der Waals surface area contributed by atoms with Crippen LogP contribution in [0.3, 0.4) is 0 Å². The van der Waals surface area contributed by atoms with Crippen molar-refractivity contribution in [3.05, 3.63) is 51.8 Å². The summed E-state index contributed by atoms with van der Waals surface area (Å²) in [6.07, 6.45) is 3.39. The zero-order chi connectivity index (χ0) is 13.8. The average molecular weight is 258 g/mol. The third-order valence-corrected chi connectivity index (χ3v) is 2.57. The maximum absolute atomic E-state index is 11.7. The summed E-state index contributed by atoms with van der Waals surface area (Å²) in [5.74, 6) is 0.448. The molecule has 0 atom stereocenters. The largest absolute Gasteiger partial charge is 0.365 e. The minimum absolute atomic E-state index is 0.0505. The van der Waals surface area contributed by atoms with Gasteiger partial charge in [-0.1, -0.05) is 6.07 Å². The lowest BCUT2D eigenvalue weighted by atomic mass is 10.2. The molecule has 0 saturated heterocycles. The number of hydrogen-bond acceptors (Lipinski definition) is 5. The van der Waals surface area contributed by atoms with E-state index in [2.05, 4.69) is 20.3 Å². The number of anilines is 1. The molecule has 0 aliphatic rings. The molecular formula is C13H14N4O2. The SMILES string of the molecule is CC(=O)c1c(NCc2cccnc2)nc(C)[nH]c1=O. The maximum Gasteiger partial charge on any atom is 0.263 e. The number of carbonyl (C=O) groups excluding carboxylic acids is 1. The molecule has 98 valence electrons. The molecule has 0 aliphatic carbocycles. The van der Waals surface area contributed by atoms with Gasteiger partial charge in [0.2, 0.25) is 0 Å². The highest BCUT2D eigenvalue weighted by Gasteiger charge is 2.14. The van der Waals surface area contributed by atoms with Crippen molar-refractivity contribution >= 4 is 11.6 Å². The number of H-pyrrole nitrogens is 1. The first-order valence-electron chi connectivity index (χ1n) is 5.82. The molecule has 6 heteroatoms. The third-order valence-electron chi connectivity index (χ3n) is 2.57. The molecule has 2 rings (SSSR count). The number of rotatable bonds is 4. The van der Waals surface area contributed by atoms with Crippen molar-refractivity contribution in [2.24, 2.45) is 0 Å². The molecule has 2 aromatic heterocycles. The van der Waals surface area contributed by atoms with Crippen molar-refractivity contribution in [1.29, 1.82) is 0 Å². The first-order chi connectivity index (χ1) is 9.08. The number of carbonyl (C=O) groups is 1. The second-order valence-electron chi connectivity index (χ2n) is 4.15. The second-order valence-corrected chi connectivity index (χ2v) is 4.15. The Hall–Kier alpha value is -2.50. The Morgan fingerprint density at radius 1 is 1.47 bits per heavy atom. The van der Waals surface area contributed by atoms with Crippen LogP contribution in [0.5, 0.6) is 0 Å². The second kappa shape index (κ2) is 5.43. The normalized spacial score (nSPS) is 10.2. The van der Waals surface area contributed by atoms with Gasteiger partial charge in [-0.15, -0.1) is 0 Å². The molecule has 0 bridgehead atoms. The van der Waals surface area contributed by atoms with Crippen molar-refractivity contribution in [3.8, 4) is 0 Å². The van der Waals surface area contributed by atoms with E-state index in [0.29, 0.717) is 18.2 Å². The summed E-state index contributed by atoms with van der Waals surface area (Å²) in [6, 6.07) is 3.72. The lowest BCUT2D eigenvalue weighted by Gasteiger charge is -2.09. The summed E-state index contributed by atoms with van der Waals surface area (Å²) in [7, 11) is 0. The number of Topliss-reactive ketones (excluding diaryl/α,β-unsaturated/α-hetero) is 1. The third kappa shape index (κ3) is 3.04. The average Bonchev–Trinajstić information content (AvgIpc) is 2.36. The van der Waals surface area contributed by atoms with Crippen molar-refractivity contribution in [2.75, 3.05) is 5.32 Å². The van der Waals surface area contributed by atoms with Crippen molar-refractivity contribution < 1.29 is 4.79 Å². The number of nitrogens with zero attached hydrogens (tertiary/aromatic N) is 2. The Morgan fingerprint density at radius 3 is 2.89 bits per heavy atom. The molecule has 0 radical (unpaired) electrons.